The first kappa shape index (κ1) is 22.3. The lowest BCUT2D eigenvalue weighted by Crippen LogP contribution is -2.31. The molecule has 0 heterocycles. The smallest absolute Gasteiger partial charge is 0.258 e. The normalized spacial score (nSPS) is 11.1. The second-order valence-corrected chi connectivity index (χ2v) is 8.70. The first-order chi connectivity index (χ1) is 14.8. The number of hydrogen-bond donors (Lipinski definition) is 1. The SMILES string of the molecule is CN(C(=O)c1ccc(C(C)(C)C)cc1)c1ccccc1C(=O)NCCc1ccccc1. The molecule has 0 unspecified atom stereocenters. The number of anilines is 1. The standard InChI is InChI=1S/C27H30N2O2/c1-27(2,3)22-16-14-21(15-17-22)26(31)29(4)24-13-9-8-12-23(24)25(30)28-19-18-20-10-6-5-7-11-20/h5-17H,18-19H2,1-4H3,(H,28,30). The lowest BCUT2D eigenvalue weighted by molar-refractivity contribution is 0.0954. The summed E-state index contributed by atoms with van der Waals surface area (Å²) in [6, 6.07) is 24.9. The predicted molar refractivity (Wildman–Crippen MR) is 127 cm³/mol. The van der Waals surface area contributed by atoms with Gasteiger partial charge in [0.25, 0.3) is 11.8 Å². The maximum atomic E-state index is 13.1. The zero-order valence-corrected chi connectivity index (χ0v) is 18.7. The van der Waals surface area contributed by atoms with Gasteiger partial charge < -0.3 is 10.2 Å². The Morgan fingerprint density at radius 2 is 1.45 bits per heavy atom. The van der Waals surface area contributed by atoms with E-state index in [4.69, 9.17) is 0 Å². The fraction of sp³-hybridized carbons (Fsp3) is 0.259. The van der Waals surface area contributed by atoms with E-state index in [0.29, 0.717) is 23.4 Å². The van der Waals surface area contributed by atoms with E-state index < -0.39 is 0 Å². The van der Waals surface area contributed by atoms with Crippen molar-refractivity contribution < 1.29 is 9.59 Å². The van der Waals surface area contributed by atoms with Crippen LogP contribution in [0.25, 0.3) is 0 Å². The highest BCUT2D eigenvalue weighted by Crippen LogP contribution is 2.24. The summed E-state index contributed by atoms with van der Waals surface area (Å²) in [5, 5.41) is 2.97. The summed E-state index contributed by atoms with van der Waals surface area (Å²) in [6.45, 7) is 6.96. The average Bonchev–Trinajstić information content (AvgIpc) is 2.78. The predicted octanol–water partition coefficient (Wildman–Crippen LogP) is 5.23. The molecule has 0 bridgehead atoms. The lowest BCUT2D eigenvalue weighted by atomic mass is 9.86. The van der Waals surface area contributed by atoms with Gasteiger partial charge in [0.05, 0.1) is 11.3 Å². The van der Waals surface area contributed by atoms with Crippen molar-refractivity contribution in [1.82, 2.24) is 5.32 Å². The largest absolute Gasteiger partial charge is 0.352 e. The Kier molecular flexibility index (Phi) is 6.91. The molecule has 4 nitrogen and oxygen atoms in total. The van der Waals surface area contributed by atoms with Crippen LogP contribution in [0.3, 0.4) is 0 Å². The van der Waals surface area contributed by atoms with E-state index >= 15 is 0 Å². The van der Waals surface area contributed by atoms with Gasteiger partial charge in [0, 0.05) is 19.2 Å². The molecule has 2 amide bonds. The van der Waals surface area contributed by atoms with E-state index in [0.717, 1.165) is 6.42 Å². The minimum absolute atomic E-state index is 0.0257. The second kappa shape index (κ2) is 9.61. The van der Waals surface area contributed by atoms with Gasteiger partial charge in [0.2, 0.25) is 0 Å². The van der Waals surface area contributed by atoms with Crippen molar-refractivity contribution in [1.29, 1.82) is 0 Å². The number of benzene rings is 3. The van der Waals surface area contributed by atoms with Crippen molar-refractivity contribution in [2.75, 3.05) is 18.5 Å². The number of nitrogens with zero attached hydrogens (tertiary/aromatic N) is 1. The van der Waals surface area contributed by atoms with Crippen LogP contribution in [0.15, 0.2) is 78.9 Å². The van der Waals surface area contributed by atoms with E-state index in [1.807, 2.05) is 66.7 Å². The Bertz CT molecular complexity index is 1030. The highest BCUT2D eigenvalue weighted by Gasteiger charge is 2.20. The molecule has 0 saturated carbocycles. The number of carbonyl (C=O) groups is 2. The first-order valence-corrected chi connectivity index (χ1v) is 10.6. The molecular formula is C27H30N2O2. The molecule has 0 fully saturated rings. The van der Waals surface area contributed by atoms with Gasteiger partial charge in [-0.05, 0) is 47.2 Å². The molecule has 3 aromatic carbocycles. The number of para-hydroxylation sites is 1. The fourth-order valence-corrected chi connectivity index (χ4v) is 3.43. The van der Waals surface area contributed by atoms with Crippen LogP contribution in [0, 0.1) is 0 Å². The number of rotatable bonds is 6. The molecule has 3 rings (SSSR count). The van der Waals surface area contributed by atoms with E-state index in [1.165, 1.54) is 16.0 Å². The molecule has 1 N–H and O–H groups in total. The highest BCUT2D eigenvalue weighted by atomic mass is 16.2. The molecule has 0 saturated heterocycles. The van der Waals surface area contributed by atoms with Crippen molar-refractivity contribution >= 4 is 17.5 Å². The van der Waals surface area contributed by atoms with Gasteiger partial charge in [0.1, 0.15) is 0 Å². The van der Waals surface area contributed by atoms with Gasteiger partial charge in [-0.1, -0.05) is 75.4 Å². The van der Waals surface area contributed by atoms with Crippen molar-refractivity contribution in [2.45, 2.75) is 32.6 Å². The molecule has 160 valence electrons. The lowest BCUT2D eigenvalue weighted by Gasteiger charge is -2.22. The minimum Gasteiger partial charge on any atom is -0.352 e. The Morgan fingerprint density at radius 3 is 2.10 bits per heavy atom. The van der Waals surface area contributed by atoms with Crippen molar-refractivity contribution in [3.8, 4) is 0 Å². The van der Waals surface area contributed by atoms with Gasteiger partial charge in [-0.3, -0.25) is 9.59 Å². The van der Waals surface area contributed by atoms with Gasteiger partial charge >= 0.3 is 0 Å². The van der Waals surface area contributed by atoms with E-state index in [1.54, 1.807) is 19.2 Å². The summed E-state index contributed by atoms with van der Waals surface area (Å²) in [6.07, 6.45) is 0.754. The Hall–Kier alpha value is -3.40. The summed E-state index contributed by atoms with van der Waals surface area (Å²) in [5.41, 5.74) is 4.03. The minimum atomic E-state index is -0.186. The van der Waals surface area contributed by atoms with Gasteiger partial charge in [-0.25, -0.2) is 0 Å². The van der Waals surface area contributed by atoms with Crippen LogP contribution in [0.5, 0.6) is 0 Å². The van der Waals surface area contributed by atoms with Crippen LogP contribution >= 0.6 is 0 Å². The highest BCUT2D eigenvalue weighted by molar-refractivity contribution is 6.10. The number of hydrogen-bond acceptors (Lipinski definition) is 2. The van der Waals surface area contributed by atoms with Crippen LogP contribution in [-0.4, -0.2) is 25.4 Å². The molecule has 31 heavy (non-hydrogen) atoms. The van der Waals surface area contributed by atoms with Crippen LogP contribution in [0.1, 0.15) is 52.6 Å². The summed E-state index contributed by atoms with van der Waals surface area (Å²) >= 11 is 0. The molecule has 4 heteroatoms. The van der Waals surface area contributed by atoms with Crippen LogP contribution in [0.2, 0.25) is 0 Å². The molecule has 0 spiro atoms. The average molecular weight is 415 g/mol. The zero-order chi connectivity index (χ0) is 22.4. The number of amides is 2. The Balaban J connectivity index is 1.72. The van der Waals surface area contributed by atoms with Crippen molar-refractivity contribution in [3.63, 3.8) is 0 Å². The molecule has 0 radical (unpaired) electrons. The monoisotopic (exact) mass is 414 g/mol. The molecule has 0 aliphatic heterocycles. The van der Waals surface area contributed by atoms with Crippen LogP contribution < -0.4 is 10.2 Å². The van der Waals surface area contributed by atoms with Crippen molar-refractivity contribution in [2.24, 2.45) is 0 Å². The van der Waals surface area contributed by atoms with Crippen LogP contribution in [0.4, 0.5) is 5.69 Å². The van der Waals surface area contributed by atoms with Crippen LogP contribution in [-0.2, 0) is 11.8 Å². The summed E-state index contributed by atoms with van der Waals surface area (Å²) in [7, 11) is 1.70. The summed E-state index contributed by atoms with van der Waals surface area (Å²) in [4.78, 5) is 27.4. The van der Waals surface area contributed by atoms with E-state index in [9.17, 15) is 9.59 Å². The number of carbonyl (C=O) groups excluding carboxylic acids is 2. The maximum absolute atomic E-state index is 13.1. The van der Waals surface area contributed by atoms with Gasteiger partial charge in [-0.15, -0.1) is 0 Å². The number of nitrogens with one attached hydrogen (secondary N) is 1. The van der Waals surface area contributed by atoms with E-state index in [-0.39, 0.29) is 17.2 Å². The Morgan fingerprint density at radius 1 is 0.839 bits per heavy atom. The zero-order valence-electron chi connectivity index (χ0n) is 18.7. The summed E-state index contributed by atoms with van der Waals surface area (Å²) < 4.78 is 0. The topological polar surface area (TPSA) is 49.4 Å². The van der Waals surface area contributed by atoms with E-state index in [2.05, 4.69) is 26.1 Å². The molecule has 0 aliphatic rings. The molecule has 0 aliphatic carbocycles. The molecular weight excluding hydrogens is 384 g/mol. The summed E-state index contributed by atoms with van der Waals surface area (Å²) in [5.74, 6) is -0.334. The quantitative estimate of drug-likeness (QED) is 0.600. The van der Waals surface area contributed by atoms with Crippen molar-refractivity contribution in [3.05, 3.63) is 101 Å². The second-order valence-electron chi connectivity index (χ2n) is 8.70. The first-order valence-electron chi connectivity index (χ1n) is 10.6. The third-order valence-corrected chi connectivity index (χ3v) is 5.35. The third-order valence-electron chi connectivity index (χ3n) is 5.35. The van der Waals surface area contributed by atoms with Gasteiger partial charge in [0.15, 0.2) is 0 Å². The van der Waals surface area contributed by atoms with Gasteiger partial charge in [-0.2, -0.15) is 0 Å². The maximum Gasteiger partial charge on any atom is 0.258 e. The molecule has 3 aromatic rings. The Labute approximate surface area is 184 Å². The molecule has 0 atom stereocenters. The third kappa shape index (κ3) is 5.60. The molecule has 0 aromatic heterocycles. The fourth-order valence-electron chi connectivity index (χ4n) is 3.43.